The van der Waals surface area contributed by atoms with Crippen LogP contribution in [0.1, 0.15) is 56.1 Å². The summed E-state index contributed by atoms with van der Waals surface area (Å²) in [5.74, 6) is 0. The molecule has 23 heavy (non-hydrogen) atoms. The molecule has 0 amide bonds. The van der Waals surface area contributed by atoms with E-state index < -0.39 is 11.2 Å². The van der Waals surface area contributed by atoms with Gasteiger partial charge < -0.3 is 10.2 Å². The van der Waals surface area contributed by atoms with Gasteiger partial charge >= 0.3 is 0 Å². The van der Waals surface area contributed by atoms with E-state index in [9.17, 15) is 10.2 Å². The molecule has 122 valence electrons. The van der Waals surface area contributed by atoms with Crippen molar-refractivity contribution in [1.29, 1.82) is 0 Å². The molecule has 1 aliphatic rings. The fourth-order valence-corrected chi connectivity index (χ4v) is 3.76. The van der Waals surface area contributed by atoms with E-state index in [1.807, 2.05) is 60.7 Å². The highest BCUT2D eigenvalue weighted by Crippen LogP contribution is 2.39. The minimum atomic E-state index is -1.05. The van der Waals surface area contributed by atoms with Crippen molar-refractivity contribution in [2.45, 2.75) is 56.1 Å². The van der Waals surface area contributed by atoms with Crippen molar-refractivity contribution in [3.05, 3.63) is 71.8 Å². The SMILES string of the molecule is OC1(CCC(O)(c2ccccc2)c2ccccc2)CCCCC1. The summed E-state index contributed by atoms with van der Waals surface area (Å²) in [4.78, 5) is 0. The summed E-state index contributed by atoms with van der Waals surface area (Å²) in [6.45, 7) is 0. The molecule has 2 nitrogen and oxygen atoms in total. The number of benzene rings is 2. The Balaban J connectivity index is 1.87. The summed E-state index contributed by atoms with van der Waals surface area (Å²) in [6, 6.07) is 19.6. The maximum Gasteiger partial charge on any atom is 0.115 e. The van der Waals surface area contributed by atoms with Crippen LogP contribution < -0.4 is 0 Å². The van der Waals surface area contributed by atoms with Gasteiger partial charge in [-0.1, -0.05) is 79.9 Å². The summed E-state index contributed by atoms with van der Waals surface area (Å²) in [7, 11) is 0. The molecule has 0 radical (unpaired) electrons. The Morgan fingerprint density at radius 3 is 1.74 bits per heavy atom. The molecule has 0 aromatic heterocycles. The lowest BCUT2D eigenvalue weighted by Crippen LogP contribution is -2.36. The van der Waals surface area contributed by atoms with Gasteiger partial charge in [-0.15, -0.1) is 0 Å². The van der Waals surface area contributed by atoms with Crippen LogP contribution in [-0.2, 0) is 5.60 Å². The predicted molar refractivity (Wildman–Crippen MR) is 93.2 cm³/mol. The summed E-state index contributed by atoms with van der Waals surface area (Å²) >= 11 is 0. The summed E-state index contributed by atoms with van der Waals surface area (Å²) < 4.78 is 0. The van der Waals surface area contributed by atoms with Gasteiger partial charge in [-0.25, -0.2) is 0 Å². The summed E-state index contributed by atoms with van der Waals surface area (Å²) in [6.07, 6.45) is 6.27. The van der Waals surface area contributed by atoms with E-state index in [-0.39, 0.29) is 0 Å². The molecule has 0 atom stereocenters. The zero-order valence-electron chi connectivity index (χ0n) is 13.6. The van der Waals surface area contributed by atoms with Crippen molar-refractivity contribution < 1.29 is 10.2 Å². The van der Waals surface area contributed by atoms with Crippen molar-refractivity contribution in [3.63, 3.8) is 0 Å². The molecule has 0 heterocycles. The molecular formula is C21H26O2. The molecule has 1 saturated carbocycles. The fraction of sp³-hybridized carbons (Fsp3) is 0.429. The average Bonchev–Trinajstić information content (AvgIpc) is 2.62. The monoisotopic (exact) mass is 310 g/mol. The third kappa shape index (κ3) is 3.65. The van der Waals surface area contributed by atoms with Crippen LogP contribution in [0.4, 0.5) is 0 Å². The third-order valence-electron chi connectivity index (χ3n) is 5.24. The van der Waals surface area contributed by atoms with Crippen LogP contribution >= 0.6 is 0 Å². The van der Waals surface area contributed by atoms with Gasteiger partial charge in [0.2, 0.25) is 0 Å². The van der Waals surface area contributed by atoms with Crippen molar-refractivity contribution in [2.24, 2.45) is 0 Å². The van der Waals surface area contributed by atoms with Crippen LogP contribution in [0.5, 0.6) is 0 Å². The smallest absolute Gasteiger partial charge is 0.115 e. The summed E-state index contributed by atoms with van der Waals surface area (Å²) in [5.41, 5.74) is 0.127. The van der Waals surface area contributed by atoms with Gasteiger partial charge in [-0.05, 0) is 36.8 Å². The zero-order valence-corrected chi connectivity index (χ0v) is 13.6. The first-order valence-electron chi connectivity index (χ1n) is 8.68. The Hall–Kier alpha value is -1.64. The quantitative estimate of drug-likeness (QED) is 0.859. The Labute approximate surface area is 138 Å². The largest absolute Gasteiger partial charge is 0.390 e. The molecule has 0 bridgehead atoms. The molecule has 1 fully saturated rings. The minimum absolute atomic E-state index is 0.539. The van der Waals surface area contributed by atoms with E-state index in [0.717, 1.165) is 36.8 Å². The number of rotatable bonds is 5. The topological polar surface area (TPSA) is 40.5 Å². The Morgan fingerprint density at radius 2 is 1.26 bits per heavy atom. The number of aliphatic hydroxyl groups is 2. The molecule has 0 aliphatic heterocycles. The molecule has 0 saturated heterocycles. The van der Waals surface area contributed by atoms with Gasteiger partial charge in [0, 0.05) is 0 Å². The van der Waals surface area contributed by atoms with Crippen LogP contribution in [0, 0.1) is 0 Å². The second-order valence-corrected chi connectivity index (χ2v) is 6.88. The predicted octanol–water partition coefficient (Wildman–Crippen LogP) is 4.40. The number of hydrogen-bond donors (Lipinski definition) is 2. The third-order valence-corrected chi connectivity index (χ3v) is 5.24. The first kappa shape index (κ1) is 16.2. The van der Waals surface area contributed by atoms with E-state index in [1.165, 1.54) is 6.42 Å². The fourth-order valence-electron chi connectivity index (χ4n) is 3.76. The molecular weight excluding hydrogens is 284 g/mol. The van der Waals surface area contributed by atoms with Crippen molar-refractivity contribution in [1.82, 2.24) is 0 Å². The molecule has 2 N–H and O–H groups in total. The molecule has 3 rings (SSSR count). The van der Waals surface area contributed by atoms with Crippen LogP contribution in [0.2, 0.25) is 0 Å². The average molecular weight is 310 g/mol. The second kappa shape index (κ2) is 6.86. The van der Waals surface area contributed by atoms with E-state index in [2.05, 4.69) is 0 Å². The minimum Gasteiger partial charge on any atom is -0.390 e. The van der Waals surface area contributed by atoms with Crippen molar-refractivity contribution in [2.75, 3.05) is 0 Å². The van der Waals surface area contributed by atoms with Gasteiger partial charge in [-0.2, -0.15) is 0 Å². The first-order chi connectivity index (χ1) is 11.1. The molecule has 2 heteroatoms. The van der Waals surface area contributed by atoms with Crippen molar-refractivity contribution in [3.8, 4) is 0 Å². The highest BCUT2D eigenvalue weighted by atomic mass is 16.3. The normalized spacial score (nSPS) is 17.8. The van der Waals surface area contributed by atoms with E-state index >= 15 is 0 Å². The molecule has 1 aliphatic carbocycles. The summed E-state index contributed by atoms with van der Waals surface area (Å²) in [5, 5.41) is 22.3. The Bertz CT molecular complexity index is 561. The maximum absolute atomic E-state index is 11.5. The maximum atomic E-state index is 11.5. The number of hydrogen-bond acceptors (Lipinski definition) is 2. The first-order valence-corrected chi connectivity index (χ1v) is 8.68. The van der Waals surface area contributed by atoms with Crippen LogP contribution in [0.25, 0.3) is 0 Å². The highest BCUT2D eigenvalue weighted by molar-refractivity contribution is 5.35. The lowest BCUT2D eigenvalue weighted by Gasteiger charge is -2.36. The van der Waals surface area contributed by atoms with E-state index in [1.54, 1.807) is 0 Å². The Kier molecular flexibility index (Phi) is 4.84. The van der Waals surface area contributed by atoms with Gasteiger partial charge in [-0.3, -0.25) is 0 Å². The van der Waals surface area contributed by atoms with Crippen LogP contribution in [0.15, 0.2) is 60.7 Å². The van der Waals surface area contributed by atoms with Gasteiger partial charge in [0.05, 0.1) is 5.60 Å². The van der Waals surface area contributed by atoms with Gasteiger partial charge in [0.1, 0.15) is 5.60 Å². The molecule has 0 unspecified atom stereocenters. The van der Waals surface area contributed by atoms with Crippen molar-refractivity contribution >= 4 is 0 Å². The standard InChI is InChI=1S/C21H26O2/c22-20(14-8-3-9-15-20)16-17-21(23,18-10-4-1-5-11-18)19-12-6-2-7-13-19/h1-2,4-7,10-13,22-23H,3,8-9,14-17H2. The van der Waals surface area contributed by atoms with Gasteiger partial charge in [0.15, 0.2) is 0 Å². The Morgan fingerprint density at radius 1 is 0.783 bits per heavy atom. The second-order valence-electron chi connectivity index (χ2n) is 6.88. The van der Waals surface area contributed by atoms with E-state index in [0.29, 0.717) is 12.8 Å². The van der Waals surface area contributed by atoms with Crippen LogP contribution in [-0.4, -0.2) is 15.8 Å². The lowest BCUT2D eigenvalue weighted by atomic mass is 9.75. The molecule has 2 aromatic rings. The van der Waals surface area contributed by atoms with E-state index in [4.69, 9.17) is 0 Å². The molecule has 0 spiro atoms. The molecule has 2 aromatic carbocycles. The van der Waals surface area contributed by atoms with Crippen LogP contribution in [0.3, 0.4) is 0 Å². The zero-order chi connectivity index (χ0) is 16.2. The highest BCUT2D eigenvalue weighted by Gasteiger charge is 2.36. The lowest BCUT2D eigenvalue weighted by molar-refractivity contribution is -0.0297. The van der Waals surface area contributed by atoms with Gasteiger partial charge in [0.25, 0.3) is 0 Å².